The molecule has 1 aromatic carbocycles. The number of aromatic nitrogens is 3. The van der Waals surface area contributed by atoms with Crippen molar-refractivity contribution in [3.63, 3.8) is 0 Å². The molecule has 0 bridgehead atoms. The summed E-state index contributed by atoms with van der Waals surface area (Å²) in [6, 6.07) is 10.3. The minimum atomic E-state index is 0.764. The first-order chi connectivity index (χ1) is 8.25. The Hall–Kier alpha value is -1.46. The maximum absolute atomic E-state index is 5.35. The Labute approximate surface area is 108 Å². The molecule has 0 radical (unpaired) electrons. The molecule has 17 heavy (non-hydrogen) atoms. The lowest BCUT2D eigenvalue weighted by atomic mass is 10.2. The molecule has 1 N–H and O–H groups in total. The number of imidazole rings is 1. The average Bonchev–Trinajstić information content (AvgIpc) is 2.83. The molecule has 0 saturated carbocycles. The topological polar surface area (TPSA) is 33.6 Å². The molecule has 0 unspecified atom stereocenters. The number of aromatic amines is 1. The molecule has 0 spiro atoms. The van der Waals surface area contributed by atoms with E-state index in [1.807, 2.05) is 25.1 Å². The number of nitrogens with zero attached hydrogens (tertiary/aromatic N) is 2. The van der Waals surface area contributed by atoms with Crippen LogP contribution in [-0.4, -0.2) is 13.9 Å². The summed E-state index contributed by atoms with van der Waals surface area (Å²) in [6.07, 6.45) is 0. The highest BCUT2D eigenvalue weighted by atomic mass is 32.1. The van der Waals surface area contributed by atoms with Crippen molar-refractivity contribution in [1.82, 2.24) is 13.9 Å². The van der Waals surface area contributed by atoms with Crippen molar-refractivity contribution in [3.8, 4) is 0 Å². The zero-order chi connectivity index (χ0) is 11.8. The summed E-state index contributed by atoms with van der Waals surface area (Å²) in [5.41, 5.74) is 3.33. The zero-order valence-corrected chi connectivity index (χ0v) is 10.9. The number of benzene rings is 1. The van der Waals surface area contributed by atoms with E-state index in [1.165, 1.54) is 17.1 Å². The highest BCUT2D eigenvalue weighted by molar-refractivity contribution is 7.71. The second-order valence-electron chi connectivity index (χ2n) is 3.95. The van der Waals surface area contributed by atoms with E-state index in [1.54, 1.807) is 0 Å². The number of nitrogens with one attached hydrogen (secondary N) is 1. The van der Waals surface area contributed by atoms with Crippen molar-refractivity contribution < 1.29 is 0 Å². The fourth-order valence-electron chi connectivity index (χ4n) is 1.86. The maximum Gasteiger partial charge on any atom is 0.179 e. The third-order valence-corrected chi connectivity index (χ3v) is 4.04. The van der Waals surface area contributed by atoms with E-state index in [9.17, 15) is 0 Å². The molecule has 2 heterocycles. The van der Waals surface area contributed by atoms with Crippen LogP contribution in [0.5, 0.6) is 0 Å². The van der Waals surface area contributed by atoms with Gasteiger partial charge in [0.2, 0.25) is 0 Å². The summed E-state index contributed by atoms with van der Waals surface area (Å²) in [5.74, 6) is 0. The molecular weight excluding hydrogens is 250 g/mol. The SMILES string of the molecule is Cc1nsc2c1[nH]c(=S)n2Cc1ccccc1. The summed E-state index contributed by atoms with van der Waals surface area (Å²) in [4.78, 5) is 4.34. The van der Waals surface area contributed by atoms with E-state index in [0.717, 1.165) is 27.4 Å². The minimum Gasteiger partial charge on any atom is -0.328 e. The van der Waals surface area contributed by atoms with Crippen LogP contribution in [0.2, 0.25) is 0 Å². The van der Waals surface area contributed by atoms with Crippen LogP contribution in [0, 0.1) is 11.7 Å². The largest absolute Gasteiger partial charge is 0.328 e. The number of rotatable bonds is 2. The molecule has 3 nitrogen and oxygen atoms in total. The van der Waals surface area contributed by atoms with Crippen LogP contribution in [0.1, 0.15) is 11.3 Å². The van der Waals surface area contributed by atoms with Crippen molar-refractivity contribution in [3.05, 3.63) is 46.4 Å². The van der Waals surface area contributed by atoms with Gasteiger partial charge < -0.3 is 9.55 Å². The van der Waals surface area contributed by atoms with Gasteiger partial charge in [-0.3, -0.25) is 0 Å². The molecular formula is C12H11N3S2. The van der Waals surface area contributed by atoms with Crippen LogP contribution in [0.15, 0.2) is 30.3 Å². The molecule has 0 aliphatic heterocycles. The monoisotopic (exact) mass is 261 g/mol. The van der Waals surface area contributed by atoms with E-state index < -0.39 is 0 Å². The van der Waals surface area contributed by atoms with Gasteiger partial charge in [0.05, 0.1) is 17.8 Å². The first kappa shape index (κ1) is 10.7. The van der Waals surface area contributed by atoms with Gasteiger partial charge in [-0.05, 0) is 36.2 Å². The van der Waals surface area contributed by atoms with Crippen molar-refractivity contribution in [2.75, 3.05) is 0 Å². The van der Waals surface area contributed by atoms with Crippen molar-refractivity contribution in [1.29, 1.82) is 0 Å². The molecule has 0 fully saturated rings. The fourth-order valence-corrected chi connectivity index (χ4v) is 3.04. The Morgan fingerprint density at radius 3 is 2.88 bits per heavy atom. The predicted octanol–water partition coefficient (Wildman–Crippen LogP) is 3.51. The van der Waals surface area contributed by atoms with Gasteiger partial charge in [-0.1, -0.05) is 30.3 Å². The van der Waals surface area contributed by atoms with E-state index in [4.69, 9.17) is 12.2 Å². The van der Waals surface area contributed by atoms with Gasteiger partial charge in [-0.15, -0.1) is 0 Å². The van der Waals surface area contributed by atoms with Gasteiger partial charge in [-0.2, -0.15) is 4.37 Å². The van der Waals surface area contributed by atoms with Crippen molar-refractivity contribution >= 4 is 34.1 Å². The van der Waals surface area contributed by atoms with E-state index in [0.29, 0.717) is 0 Å². The summed E-state index contributed by atoms with van der Waals surface area (Å²) in [7, 11) is 0. The van der Waals surface area contributed by atoms with Crippen LogP contribution in [0.25, 0.3) is 10.3 Å². The lowest BCUT2D eigenvalue weighted by Gasteiger charge is -2.02. The highest BCUT2D eigenvalue weighted by Gasteiger charge is 2.10. The van der Waals surface area contributed by atoms with E-state index in [-0.39, 0.29) is 0 Å². The van der Waals surface area contributed by atoms with Crippen LogP contribution in [-0.2, 0) is 6.54 Å². The molecule has 0 saturated heterocycles. The first-order valence-corrected chi connectivity index (χ1v) is 6.52. The van der Waals surface area contributed by atoms with Crippen LogP contribution < -0.4 is 0 Å². The number of fused-ring (bicyclic) bond motifs is 1. The lowest BCUT2D eigenvalue weighted by Crippen LogP contribution is -1.98. The standard InChI is InChI=1S/C12H11N3S2/c1-8-10-11(17-14-8)15(12(16)13-10)7-9-5-3-2-4-6-9/h2-6H,7H2,1H3,(H,13,16). The van der Waals surface area contributed by atoms with Gasteiger partial charge in [0.15, 0.2) is 4.77 Å². The van der Waals surface area contributed by atoms with Gasteiger partial charge in [0.1, 0.15) is 4.83 Å². The molecule has 0 amide bonds. The molecule has 3 rings (SSSR count). The molecule has 0 aliphatic carbocycles. The third-order valence-electron chi connectivity index (χ3n) is 2.75. The van der Waals surface area contributed by atoms with Gasteiger partial charge in [0.25, 0.3) is 0 Å². The van der Waals surface area contributed by atoms with E-state index >= 15 is 0 Å². The fraction of sp³-hybridized carbons (Fsp3) is 0.167. The number of hydrogen-bond donors (Lipinski definition) is 1. The second kappa shape index (κ2) is 4.09. The van der Waals surface area contributed by atoms with Gasteiger partial charge in [0, 0.05) is 0 Å². The third kappa shape index (κ3) is 1.81. The van der Waals surface area contributed by atoms with Crippen molar-refractivity contribution in [2.45, 2.75) is 13.5 Å². The van der Waals surface area contributed by atoms with E-state index in [2.05, 4.69) is 26.1 Å². The quantitative estimate of drug-likeness (QED) is 0.716. The molecule has 3 aromatic rings. The minimum absolute atomic E-state index is 0.764. The molecule has 5 heteroatoms. The number of H-pyrrole nitrogens is 1. The Morgan fingerprint density at radius 2 is 2.12 bits per heavy atom. The first-order valence-electron chi connectivity index (χ1n) is 5.34. The van der Waals surface area contributed by atoms with Gasteiger partial charge >= 0.3 is 0 Å². The normalized spacial score (nSPS) is 11.1. The molecule has 86 valence electrons. The summed E-state index contributed by atoms with van der Waals surface area (Å²) >= 11 is 6.85. The average molecular weight is 261 g/mol. The number of aryl methyl sites for hydroxylation is 1. The Morgan fingerprint density at radius 1 is 1.35 bits per heavy atom. The van der Waals surface area contributed by atoms with Crippen LogP contribution in [0.3, 0.4) is 0 Å². The highest BCUT2D eigenvalue weighted by Crippen LogP contribution is 2.22. The smallest absolute Gasteiger partial charge is 0.179 e. The van der Waals surface area contributed by atoms with Crippen LogP contribution in [0.4, 0.5) is 0 Å². The van der Waals surface area contributed by atoms with Crippen molar-refractivity contribution in [2.24, 2.45) is 0 Å². The molecule has 0 atom stereocenters. The number of hydrogen-bond acceptors (Lipinski definition) is 3. The maximum atomic E-state index is 5.35. The zero-order valence-electron chi connectivity index (χ0n) is 9.30. The lowest BCUT2D eigenvalue weighted by molar-refractivity contribution is 0.815. The Balaban J connectivity index is 2.12. The summed E-state index contributed by atoms with van der Waals surface area (Å²) in [6.45, 7) is 2.79. The Bertz CT molecular complexity index is 706. The summed E-state index contributed by atoms with van der Waals surface area (Å²) < 4.78 is 7.21. The second-order valence-corrected chi connectivity index (χ2v) is 5.09. The Kier molecular flexibility index (Phi) is 2.57. The summed E-state index contributed by atoms with van der Waals surface area (Å²) in [5, 5.41) is 0. The van der Waals surface area contributed by atoms with Gasteiger partial charge in [-0.25, -0.2) is 0 Å². The molecule has 2 aromatic heterocycles. The van der Waals surface area contributed by atoms with Crippen LogP contribution >= 0.6 is 23.8 Å². The predicted molar refractivity (Wildman–Crippen MR) is 73.1 cm³/mol. The molecule has 0 aliphatic rings.